The van der Waals surface area contributed by atoms with Crippen LogP contribution in [0.2, 0.25) is 0 Å². The Bertz CT molecular complexity index is 452. The van der Waals surface area contributed by atoms with Crippen LogP contribution in [0.4, 0.5) is 5.00 Å². The van der Waals surface area contributed by atoms with Gasteiger partial charge in [0.1, 0.15) is 5.00 Å². The minimum atomic E-state index is 0.0756. The molecule has 0 aliphatic rings. The first-order valence-corrected chi connectivity index (χ1v) is 5.95. The van der Waals surface area contributed by atoms with Crippen LogP contribution in [0.5, 0.6) is 0 Å². The number of hydrogen-bond acceptors (Lipinski definition) is 5. The summed E-state index contributed by atoms with van der Waals surface area (Å²) in [5.74, 6) is 0. The third kappa shape index (κ3) is 2.16. The van der Waals surface area contributed by atoms with Gasteiger partial charge in [0.2, 0.25) is 0 Å². The van der Waals surface area contributed by atoms with Gasteiger partial charge in [-0.25, -0.2) is 0 Å². The van der Waals surface area contributed by atoms with E-state index in [2.05, 4.69) is 4.37 Å². The Hall–Kier alpha value is -1.17. The van der Waals surface area contributed by atoms with Crippen LogP contribution in [0.3, 0.4) is 0 Å². The van der Waals surface area contributed by atoms with Crippen LogP contribution in [0.15, 0.2) is 24.3 Å². The topological polar surface area (TPSA) is 56.6 Å². The van der Waals surface area contributed by atoms with E-state index in [1.54, 1.807) is 0 Å². The second kappa shape index (κ2) is 5.25. The number of rotatable bonds is 5. The monoisotopic (exact) mass is 238 g/mol. The van der Waals surface area contributed by atoms with E-state index in [1.165, 1.54) is 11.5 Å². The van der Waals surface area contributed by atoms with E-state index in [9.17, 15) is 0 Å². The van der Waals surface area contributed by atoms with Gasteiger partial charge in [-0.2, -0.15) is 4.37 Å². The molecule has 0 unspecified atom stereocenters. The maximum absolute atomic E-state index is 9.00. The molecule has 0 amide bonds. The quantitative estimate of drug-likeness (QED) is 0.818. The van der Waals surface area contributed by atoms with Crippen LogP contribution in [-0.4, -0.2) is 40.9 Å². The van der Waals surface area contributed by atoms with Gasteiger partial charge < -0.3 is 15.1 Å². The maximum atomic E-state index is 9.00. The molecule has 0 saturated carbocycles. The summed E-state index contributed by atoms with van der Waals surface area (Å²) in [6.45, 7) is 1.19. The summed E-state index contributed by atoms with van der Waals surface area (Å²) in [5.41, 5.74) is 0.961. The number of aromatic nitrogens is 1. The van der Waals surface area contributed by atoms with Gasteiger partial charge in [-0.15, -0.1) is 0 Å². The zero-order valence-electron chi connectivity index (χ0n) is 8.83. The number of anilines is 1. The summed E-state index contributed by atoms with van der Waals surface area (Å²) in [6.07, 6.45) is 0. The summed E-state index contributed by atoms with van der Waals surface area (Å²) < 4.78 is 4.34. The lowest BCUT2D eigenvalue weighted by atomic mass is 10.2. The van der Waals surface area contributed by atoms with Crippen LogP contribution in [-0.2, 0) is 0 Å². The number of benzene rings is 1. The van der Waals surface area contributed by atoms with Crippen molar-refractivity contribution in [2.24, 2.45) is 0 Å². The number of fused-ring (bicyclic) bond motifs is 1. The van der Waals surface area contributed by atoms with Gasteiger partial charge in [-0.05, 0) is 23.7 Å². The molecule has 4 nitrogen and oxygen atoms in total. The lowest BCUT2D eigenvalue weighted by Gasteiger charge is -2.20. The highest BCUT2D eigenvalue weighted by Gasteiger charge is 2.12. The van der Waals surface area contributed by atoms with Gasteiger partial charge in [0.25, 0.3) is 0 Å². The van der Waals surface area contributed by atoms with Crippen molar-refractivity contribution >= 4 is 27.4 Å². The van der Waals surface area contributed by atoms with E-state index in [-0.39, 0.29) is 13.2 Å². The van der Waals surface area contributed by atoms with E-state index >= 15 is 0 Å². The Labute approximate surface area is 97.9 Å². The third-order valence-electron chi connectivity index (χ3n) is 2.39. The van der Waals surface area contributed by atoms with Gasteiger partial charge in [0.05, 0.1) is 18.7 Å². The molecule has 0 saturated heterocycles. The highest BCUT2D eigenvalue weighted by molar-refractivity contribution is 7.11. The van der Waals surface area contributed by atoms with E-state index in [0.29, 0.717) is 13.1 Å². The van der Waals surface area contributed by atoms with E-state index in [1.807, 2.05) is 29.2 Å². The first kappa shape index (κ1) is 11.3. The van der Waals surface area contributed by atoms with Gasteiger partial charge >= 0.3 is 0 Å². The number of aliphatic hydroxyl groups is 2. The molecular weight excluding hydrogens is 224 g/mol. The Kier molecular flexibility index (Phi) is 3.71. The number of nitrogens with zero attached hydrogens (tertiary/aromatic N) is 2. The molecule has 2 rings (SSSR count). The van der Waals surface area contributed by atoms with E-state index < -0.39 is 0 Å². The van der Waals surface area contributed by atoms with Crippen molar-refractivity contribution in [3.05, 3.63) is 24.3 Å². The highest BCUT2D eigenvalue weighted by atomic mass is 32.1. The molecule has 0 aliphatic carbocycles. The van der Waals surface area contributed by atoms with Crippen molar-refractivity contribution in [1.29, 1.82) is 0 Å². The van der Waals surface area contributed by atoms with Crippen molar-refractivity contribution in [3.63, 3.8) is 0 Å². The fourth-order valence-electron chi connectivity index (χ4n) is 1.66. The fraction of sp³-hybridized carbons (Fsp3) is 0.364. The first-order chi connectivity index (χ1) is 7.86. The fourth-order valence-corrected chi connectivity index (χ4v) is 2.57. The predicted octanol–water partition coefficient (Wildman–Crippen LogP) is 1.09. The third-order valence-corrected chi connectivity index (χ3v) is 3.33. The molecule has 0 radical (unpaired) electrons. The van der Waals surface area contributed by atoms with Gasteiger partial charge in [-0.3, -0.25) is 0 Å². The minimum Gasteiger partial charge on any atom is -0.395 e. The maximum Gasteiger partial charge on any atom is 0.120 e. The van der Waals surface area contributed by atoms with Gasteiger partial charge in [-0.1, -0.05) is 12.1 Å². The lowest BCUT2D eigenvalue weighted by molar-refractivity contribution is 0.281. The Morgan fingerprint density at radius 3 is 2.50 bits per heavy atom. The average molecular weight is 238 g/mol. The summed E-state index contributed by atoms with van der Waals surface area (Å²) >= 11 is 1.40. The molecule has 0 atom stereocenters. The normalized spacial score (nSPS) is 10.9. The minimum absolute atomic E-state index is 0.0756. The molecule has 0 spiro atoms. The average Bonchev–Trinajstić information content (AvgIpc) is 2.72. The molecule has 0 bridgehead atoms. The molecule has 86 valence electrons. The molecule has 16 heavy (non-hydrogen) atoms. The van der Waals surface area contributed by atoms with Gasteiger partial charge in [0.15, 0.2) is 0 Å². The van der Waals surface area contributed by atoms with Crippen molar-refractivity contribution < 1.29 is 10.2 Å². The molecule has 1 aromatic carbocycles. The van der Waals surface area contributed by atoms with Crippen LogP contribution in [0.1, 0.15) is 0 Å². The molecule has 0 fully saturated rings. The second-order valence-electron chi connectivity index (χ2n) is 3.44. The lowest BCUT2D eigenvalue weighted by Crippen LogP contribution is -2.28. The van der Waals surface area contributed by atoms with Crippen LogP contribution in [0.25, 0.3) is 10.9 Å². The summed E-state index contributed by atoms with van der Waals surface area (Å²) in [4.78, 5) is 1.96. The summed E-state index contributed by atoms with van der Waals surface area (Å²) in [5, 5.41) is 20.1. The Morgan fingerprint density at radius 1 is 1.12 bits per heavy atom. The highest BCUT2D eigenvalue weighted by Crippen LogP contribution is 2.30. The molecule has 2 aromatic rings. The molecule has 5 heteroatoms. The number of hydrogen-bond donors (Lipinski definition) is 2. The molecule has 1 aromatic heterocycles. The van der Waals surface area contributed by atoms with Crippen molar-refractivity contribution in [1.82, 2.24) is 4.37 Å². The molecule has 0 aliphatic heterocycles. The number of aliphatic hydroxyl groups excluding tert-OH is 2. The first-order valence-electron chi connectivity index (χ1n) is 5.18. The zero-order valence-corrected chi connectivity index (χ0v) is 9.65. The van der Waals surface area contributed by atoms with Crippen LogP contribution < -0.4 is 4.90 Å². The summed E-state index contributed by atoms with van der Waals surface area (Å²) in [7, 11) is 0. The second-order valence-corrected chi connectivity index (χ2v) is 4.19. The predicted molar refractivity (Wildman–Crippen MR) is 66.0 cm³/mol. The largest absolute Gasteiger partial charge is 0.395 e. The van der Waals surface area contributed by atoms with Gasteiger partial charge in [0, 0.05) is 18.5 Å². The van der Waals surface area contributed by atoms with Crippen LogP contribution >= 0.6 is 11.5 Å². The summed E-state index contributed by atoms with van der Waals surface area (Å²) in [6, 6.07) is 7.89. The molecule has 1 heterocycles. The van der Waals surface area contributed by atoms with Crippen LogP contribution in [0, 0.1) is 0 Å². The van der Waals surface area contributed by atoms with Crippen molar-refractivity contribution in [2.45, 2.75) is 0 Å². The smallest absolute Gasteiger partial charge is 0.120 e. The molecule has 2 N–H and O–H groups in total. The van der Waals surface area contributed by atoms with Crippen molar-refractivity contribution in [3.8, 4) is 0 Å². The Balaban J connectivity index is 2.36. The SMILES string of the molecule is OCCN(CCO)c1snc2ccccc12. The van der Waals surface area contributed by atoms with E-state index in [4.69, 9.17) is 10.2 Å². The zero-order chi connectivity index (χ0) is 11.4. The standard InChI is InChI=1S/C11H14N2O2S/c14-7-5-13(6-8-15)11-9-3-1-2-4-10(9)12-16-11/h1-4,14-15H,5-8H2. The molecular formula is C11H14N2O2S. The van der Waals surface area contributed by atoms with E-state index in [0.717, 1.165) is 15.9 Å². The van der Waals surface area contributed by atoms with Crippen molar-refractivity contribution in [2.75, 3.05) is 31.2 Å². The Morgan fingerprint density at radius 2 is 1.81 bits per heavy atom.